The maximum atomic E-state index is 2.56. The summed E-state index contributed by atoms with van der Waals surface area (Å²) >= 11 is 0. The molecule has 0 radical (unpaired) electrons. The van der Waals surface area contributed by atoms with Crippen molar-refractivity contribution in [2.24, 2.45) is 0 Å². The predicted octanol–water partition coefficient (Wildman–Crippen LogP) is 16.2. The van der Waals surface area contributed by atoms with E-state index in [1.807, 2.05) is 0 Å². The molecule has 1 heteroatoms. The highest BCUT2D eigenvalue weighted by molar-refractivity contribution is 5.21. The lowest BCUT2D eigenvalue weighted by molar-refractivity contribution is -0.697. The van der Waals surface area contributed by atoms with Crippen molar-refractivity contribution in [3.8, 4) is 0 Å². The van der Waals surface area contributed by atoms with E-state index in [9.17, 15) is 0 Å². The maximum absolute atomic E-state index is 2.56. The van der Waals surface area contributed by atoms with Crippen LogP contribution in [0.15, 0.2) is 18.5 Å². The van der Waals surface area contributed by atoms with Crippen molar-refractivity contribution in [2.45, 2.75) is 271 Å². The smallest absolute Gasteiger partial charge is 0.172 e. The number of aryl methyl sites for hydroxylation is 3. The highest BCUT2D eigenvalue weighted by Crippen LogP contribution is 2.19. The lowest BCUT2D eigenvalue weighted by Crippen LogP contribution is -2.34. The minimum Gasteiger partial charge on any atom is -0.205 e. The summed E-state index contributed by atoms with van der Waals surface area (Å²) in [6.45, 7) is 8.15. The molecule has 0 N–H and O–H groups in total. The van der Waals surface area contributed by atoms with Gasteiger partial charge in [0, 0.05) is 18.1 Å². The van der Waals surface area contributed by atoms with Crippen molar-refractivity contribution in [3.63, 3.8) is 0 Å². The second kappa shape index (κ2) is 37.4. The lowest BCUT2D eigenvalue weighted by atomic mass is 9.97. The first-order chi connectivity index (χ1) is 23.8. The topological polar surface area (TPSA) is 3.88 Å². The van der Waals surface area contributed by atoms with E-state index in [0.717, 1.165) is 0 Å². The third-order valence-corrected chi connectivity index (χ3v) is 11.1. The van der Waals surface area contributed by atoms with E-state index in [0.29, 0.717) is 0 Å². The summed E-state index contributed by atoms with van der Waals surface area (Å²) in [4.78, 5) is 0. The third kappa shape index (κ3) is 30.0. The fraction of sp³-hybridized carbons (Fsp3) is 0.894. The van der Waals surface area contributed by atoms with Crippen LogP contribution in [0.3, 0.4) is 0 Å². The fourth-order valence-electron chi connectivity index (χ4n) is 7.68. The van der Waals surface area contributed by atoms with Gasteiger partial charge in [0.1, 0.15) is 6.54 Å². The predicted molar refractivity (Wildman–Crippen MR) is 217 cm³/mol. The van der Waals surface area contributed by atoms with Crippen LogP contribution in [0.2, 0.25) is 0 Å². The standard InChI is InChI=1S/C47H90N/c1-4-7-10-13-16-19-21-23-25-27-29-31-34-37-40-46-42-44-48(43-39-36-33-18-15-12-9-6-3)45-47(46)41-38-35-32-30-28-26-24-22-20-17-14-11-8-5-2/h42,44-45H,4-41,43H2,1-3H3/q+1. The molecule has 0 fully saturated rings. The second-order valence-electron chi connectivity index (χ2n) is 15.9. The molecule has 48 heavy (non-hydrogen) atoms. The number of nitrogens with zero attached hydrogens (tertiary/aromatic N) is 1. The summed E-state index contributed by atoms with van der Waals surface area (Å²) in [7, 11) is 0. The molecule has 0 aliphatic heterocycles. The van der Waals surface area contributed by atoms with Gasteiger partial charge in [-0.3, -0.25) is 0 Å². The van der Waals surface area contributed by atoms with Gasteiger partial charge < -0.3 is 0 Å². The van der Waals surface area contributed by atoms with Gasteiger partial charge >= 0.3 is 0 Å². The second-order valence-corrected chi connectivity index (χ2v) is 15.9. The van der Waals surface area contributed by atoms with Crippen LogP contribution in [0.1, 0.15) is 263 Å². The first-order valence-corrected chi connectivity index (χ1v) is 22.8. The van der Waals surface area contributed by atoms with Gasteiger partial charge in [0.25, 0.3) is 0 Å². The van der Waals surface area contributed by atoms with Crippen LogP contribution in [0.4, 0.5) is 0 Å². The average molecular weight is 669 g/mol. The number of aromatic nitrogens is 1. The first-order valence-electron chi connectivity index (χ1n) is 22.8. The molecule has 0 bridgehead atoms. The zero-order valence-corrected chi connectivity index (χ0v) is 33.8. The Morgan fingerprint density at radius 3 is 0.917 bits per heavy atom. The molecule has 0 atom stereocenters. The Morgan fingerprint density at radius 2 is 0.583 bits per heavy atom. The number of hydrogen-bond donors (Lipinski definition) is 0. The minimum absolute atomic E-state index is 1.21. The zero-order valence-electron chi connectivity index (χ0n) is 33.8. The molecule has 1 aromatic heterocycles. The summed E-state index contributed by atoms with van der Waals surface area (Å²) in [5.41, 5.74) is 3.33. The van der Waals surface area contributed by atoms with E-state index in [-0.39, 0.29) is 0 Å². The van der Waals surface area contributed by atoms with Gasteiger partial charge in [-0.05, 0) is 37.7 Å². The Hall–Kier alpha value is -0.850. The summed E-state index contributed by atoms with van der Waals surface area (Å²) < 4.78 is 2.53. The van der Waals surface area contributed by atoms with Crippen LogP contribution in [0, 0.1) is 0 Å². The van der Waals surface area contributed by atoms with Crippen molar-refractivity contribution < 1.29 is 4.57 Å². The number of rotatable bonds is 39. The molecular formula is C47H90N+. The SMILES string of the molecule is CCCCCCCCCCCCCCCCc1cc[n+](CCCCCCCCCC)cc1CCCCCCCCCCCCCCCC. The van der Waals surface area contributed by atoms with Crippen LogP contribution < -0.4 is 4.57 Å². The largest absolute Gasteiger partial charge is 0.205 e. The summed E-state index contributed by atoms with van der Waals surface area (Å²) in [5, 5.41) is 0. The molecule has 0 aliphatic carbocycles. The number of unbranched alkanes of at least 4 members (excludes halogenated alkanes) is 33. The Morgan fingerprint density at radius 1 is 0.312 bits per heavy atom. The zero-order chi connectivity index (χ0) is 34.4. The van der Waals surface area contributed by atoms with E-state index in [2.05, 4.69) is 43.8 Å². The molecule has 0 unspecified atom stereocenters. The van der Waals surface area contributed by atoms with Crippen LogP contribution in [0.5, 0.6) is 0 Å². The van der Waals surface area contributed by atoms with Crippen LogP contribution >= 0.6 is 0 Å². The lowest BCUT2D eigenvalue weighted by Gasteiger charge is -2.10. The monoisotopic (exact) mass is 669 g/mol. The Bertz CT molecular complexity index is 753. The van der Waals surface area contributed by atoms with Crippen molar-refractivity contribution in [3.05, 3.63) is 29.6 Å². The molecule has 282 valence electrons. The molecule has 1 aromatic rings. The van der Waals surface area contributed by atoms with Crippen molar-refractivity contribution in [1.29, 1.82) is 0 Å². The molecule has 0 saturated heterocycles. The van der Waals surface area contributed by atoms with E-state index in [1.165, 1.54) is 251 Å². The van der Waals surface area contributed by atoms with Gasteiger partial charge in [-0.1, -0.05) is 226 Å². The molecule has 1 rings (SSSR count). The molecule has 0 amide bonds. The van der Waals surface area contributed by atoms with E-state index in [4.69, 9.17) is 0 Å². The Balaban J connectivity index is 2.28. The summed E-state index contributed by atoms with van der Waals surface area (Å²) in [5.74, 6) is 0. The molecule has 0 aromatic carbocycles. The van der Waals surface area contributed by atoms with E-state index < -0.39 is 0 Å². The van der Waals surface area contributed by atoms with Crippen molar-refractivity contribution in [2.75, 3.05) is 0 Å². The van der Waals surface area contributed by atoms with Crippen LogP contribution in [0.25, 0.3) is 0 Å². The molecular weight excluding hydrogens is 579 g/mol. The van der Waals surface area contributed by atoms with Crippen LogP contribution in [-0.4, -0.2) is 0 Å². The highest BCUT2D eigenvalue weighted by atomic mass is 14.9. The van der Waals surface area contributed by atoms with Crippen LogP contribution in [-0.2, 0) is 19.4 Å². The van der Waals surface area contributed by atoms with Gasteiger partial charge in [-0.25, -0.2) is 4.57 Å². The summed E-state index contributed by atoms with van der Waals surface area (Å²) in [6.07, 6.45) is 59.3. The molecule has 0 spiro atoms. The highest BCUT2D eigenvalue weighted by Gasteiger charge is 2.10. The quantitative estimate of drug-likeness (QED) is 0.0485. The minimum atomic E-state index is 1.21. The average Bonchev–Trinajstić information content (AvgIpc) is 3.10. The van der Waals surface area contributed by atoms with Gasteiger partial charge in [0.15, 0.2) is 12.4 Å². The fourth-order valence-corrected chi connectivity index (χ4v) is 7.68. The van der Waals surface area contributed by atoms with E-state index >= 15 is 0 Å². The van der Waals surface area contributed by atoms with Gasteiger partial charge in [-0.15, -0.1) is 0 Å². The Kier molecular flexibility index (Phi) is 35.2. The molecule has 0 saturated carbocycles. The maximum Gasteiger partial charge on any atom is 0.172 e. The molecule has 1 heterocycles. The van der Waals surface area contributed by atoms with Gasteiger partial charge in [-0.2, -0.15) is 0 Å². The van der Waals surface area contributed by atoms with Crippen molar-refractivity contribution >= 4 is 0 Å². The third-order valence-electron chi connectivity index (χ3n) is 11.1. The molecule has 0 aliphatic rings. The number of pyridine rings is 1. The van der Waals surface area contributed by atoms with E-state index in [1.54, 1.807) is 11.1 Å². The summed E-state index contributed by atoms with van der Waals surface area (Å²) in [6, 6.07) is 2.51. The number of hydrogen-bond acceptors (Lipinski definition) is 0. The normalized spacial score (nSPS) is 11.6. The first kappa shape index (κ1) is 45.2. The molecule has 1 nitrogen and oxygen atoms in total. The van der Waals surface area contributed by atoms with Crippen molar-refractivity contribution in [1.82, 2.24) is 0 Å². The van der Waals surface area contributed by atoms with Gasteiger partial charge in [0.05, 0.1) is 0 Å². The Labute approximate surface area is 304 Å². The van der Waals surface area contributed by atoms with Gasteiger partial charge in [0.2, 0.25) is 0 Å².